The quantitative estimate of drug-likeness (QED) is 0.556. The molecule has 24 heavy (non-hydrogen) atoms. The zero-order chi connectivity index (χ0) is 16.4. The Morgan fingerprint density at radius 3 is 3.00 bits per heavy atom. The second kappa shape index (κ2) is 6.17. The second-order valence-corrected chi connectivity index (χ2v) is 5.83. The number of hydrogen-bond donors (Lipinski definition) is 1. The van der Waals surface area contributed by atoms with Gasteiger partial charge in [0.25, 0.3) is 0 Å². The molecule has 4 aromatic rings. The van der Waals surface area contributed by atoms with Crippen LogP contribution in [0.1, 0.15) is 16.2 Å². The molecule has 4 rings (SSSR count). The van der Waals surface area contributed by atoms with E-state index in [-0.39, 0.29) is 12.3 Å². The summed E-state index contributed by atoms with van der Waals surface area (Å²) in [7, 11) is 0. The molecule has 0 bridgehead atoms. The molecule has 0 aromatic carbocycles. The Morgan fingerprint density at radius 2 is 2.21 bits per heavy atom. The van der Waals surface area contributed by atoms with Crippen molar-refractivity contribution in [2.24, 2.45) is 0 Å². The number of nitrogens with zero attached hydrogens (tertiary/aromatic N) is 2. The highest BCUT2D eigenvalue weighted by atomic mass is 32.1. The lowest BCUT2D eigenvalue weighted by Crippen LogP contribution is -2.05. The van der Waals surface area contributed by atoms with Gasteiger partial charge in [-0.3, -0.25) is 5.10 Å². The summed E-state index contributed by atoms with van der Waals surface area (Å²) in [6, 6.07) is 10.7. The molecule has 1 N–H and O–H groups in total. The van der Waals surface area contributed by atoms with Crippen molar-refractivity contribution in [3.8, 4) is 22.1 Å². The minimum Gasteiger partial charge on any atom is -0.461 e. The van der Waals surface area contributed by atoms with Crippen molar-refractivity contribution in [1.29, 1.82) is 0 Å². The number of carbonyl (C=O) groups excluding carboxylic acids is 1. The topological polar surface area (TPSA) is 94.1 Å². The Bertz CT molecular complexity index is 938. The van der Waals surface area contributed by atoms with Gasteiger partial charge in [-0.05, 0) is 29.6 Å². The molecule has 0 atom stereocenters. The summed E-state index contributed by atoms with van der Waals surface area (Å²) in [5, 5.41) is 12.6. The van der Waals surface area contributed by atoms with Crippen LogP contribution < -0.4 is 0 Å². The zero-order valence-corrected chi connectivity index (χ0v) is 13.1. The fourth-order valence-electron chi connectivity index (χ4n) is 2.11. The Kier molecular flexibility index (Phi) is 3.72. The molecule has 4 heterocycles. The number of esters is 1. The van der Waals surface area contributed by atoms with Crippen molar-refractivity contribution in [3.05, 3.63) is 59.4 Å². The monoisotopic (exact) mass is 341 g/mol. The number of ether oxygens (including phenoxy) is 1. The van der Waals surface area contributed by atoms with E-state index in [9.17, 15) is 4.79 Å². The molecule has 0 aliphatic rings. The Morgan fingerprint density at radius 1 is 1.25 bits per heavy atom. The molecule has 0 aliphatic carbocycles. The molecule has 120 valence electrons. The maximum absolute atomic E-state index is 12.1. The number of thiophene rings is 1. The predicted octanol–water partition coefficient (Wildman–Crippen LogP) is 3.74. The molecule has 7 nitrogen and oxygen atoms in total. The van der Waals surface area contributed by atoms with E-state index in [2.05, 4.69) is 15.4 Å². The van der Waals surface area contributed by atoms with E-state index in [1.54, 1.807) is 41.9 Å². The van der Waals surface area contributed by atoms with Crippen LogP contribution in [-0.2, 0) is 11.3 Å². The van der Waals surface area contributed by atoms with Gasteiger partial charge in [0, 0.05) is 6.07 Å². The van der Waals surface area contributed by atoms with Gasteiger partial charge in [-0.1, -0.05) is 11.2 Å². The lowest BCUT2D eigenvalue weighted by Gasteiger charge is -1.98. The van der Waals surface area contributed by atoms with Gasteiger partial charge >= 0.3 is 5.97 Å². The van der Waals surface area contributed by atoms with Gasteiger partial charge in [0.1, 0.15) is 12.3 Å². The van der Waals surface area contributed by atoms with Crippen LogP contribution in [-0.4, -0.2) is 21.3 Å². The molecular weight excluding hydrogens is 330 g/mol. The molecule has 0 fully saturated rings. The SMILES string of the molecule is O=C(OCc1cc(-c2ccco2)on1)c1cc(-c2cccs2)[nH]n1. The van der Waals surface area contributed by atoms with E-state index in [4.69, 9.17) is 13.7 Å². The number of furan rings is 1. The average molecular weight is 341 g/mol. The molecule has 0 amide bonds. The van der Waals surface area contributed by atoms with E-state index in [1.165, 1.54) is 0 Å². The second-order valence-electron chi connectivity index (χ2n) is 4.88. The minimum atomic E-state index is -0.531. The minimum absolute atomic E-state index is 0.00969. The van der Waals surface area contributed by atoms with Crippen LogP contribution in [0.3, 0.4) is 0 Å². The maximum Gasteiger partial charge on any atom is 0.359 e. The summed E-state index contributed by atoms with van der Waals surface area (Å²) in [5.41, 5.74) is 1.48. The predicted molar refractivity (Wildman–Crippen MR) is 85.2 cm³/mol. The number of nitrogens with one attached hydrogen (secondary N) is 1. The smallest absolute Gasteiger partial charge is 0.359 e. The molecule has 4 aromatic heterocycles. The van der Waals surface area contributed by atoms with Crippen molar-refractivity contribution in [2.75, 3.05) is 0 Å². The summed E-state index contributed by atoms with van der Waals surface area (Å²) in [5.74, 6) is 0.510. The first-order valence-corrected chi connectivity index (χ1v) is 7.93. The maximum atomic E-state index is 12.1. The molecule has 0 unspecified atom stereocenters. The van der Waals surface area contributed by atoms with E-state index in [0.717, 1.165) is 10.6 Å². The van der Waals surface area contributed by atoms with E-state index in [0.29, 0.717) is 17.2 Å². The third kappa shape index (κ3) is 2.86. The van der Waals surface area contributed by atoms with Crippen molar-refractivity contribution < 1.29 is 18.5 Å². The average Bonchev–Trinajstić information content (AvgIpc) is 3.40. The fourth-order valence-corrected chi connectivity index (χ4v) is 2.80. The number of carbonyl (C=O) groups is 1. The molecule has 0 saturated heterocycles. The van der Waals surface area contributed by atoms with Gasteiger partial charge in [0.2, 0.25) is 5.76 Å². The molecule has 0 radical (unpaired) electrons. The van der Waals surface area contributed by atoms with Crippen LogP contribution >= 0.6 is 11.3 Å². The van der Waals surface area contributed by atoms with Crippen molar-refractivity contribution >= 4 is 17.3 Å². The fraction of sp³-hybridized carbons (Fsp3) is 0.0625. The van der Waals surface area contributed by atoms with Crippen LogP contribution in [0, 0.1) is 0 Å². The normalized spacial score (nSPS) is 10.8. The van der Waals surface area contributed by atoms with E-state index < -0.39 is 5.97 Å². The number of H-pyrrole nitrogens is 1. The summed E-state index contributed by atoms with van der Waals surface area (Å²) in [6.07, 6.45) is 1.54. The lowest BCUT2D eigenvalue weighted by molar-refractivity contribution is 0.0457. The van der Waals surface area contributed by atoms with E-state index >= 15 is 0 Å². The van der Waals surface area contributed by atoms with Crippen LogP contribution in [0.15, 0.2) is 57.0 Å². The van der Waals surface area contributed by atoms with Gasteiger partial charge < -0.3 is 13.7 Å². The summed E-state index contributed by atoms with van der Waals surface area (Å²) >= 11 is 1.56. The number of rotatable bonds is 5. The van der Waals surface area contributed by atoms with Crippen molar-refractivity contribution in [1.82, 2.24) is 15.4 Å². The molecular formula is C16H11N3O4S. The van der Waals surface area contributed by atoms with Gasteiger partial charge in [-0.2, -0.15) is 5.10 Å². The standard InChI is InChI=1S/C16H11N3O4S/c20-16(12-8-11(17-18-12)15-4-2-6-24-15)22-9-10-7-14(23-19-10)13-3-1-5-21-13/h1-8H,9H2,(H,17,18). The summed E-state index contributed by atoms with van der Waals surface area (Å²) in [4.78, 5) is 13.1. The van der Waals surface area contributed by atoms with Gasteiger partial charge in [-0.25, -0.2) is 4.79 Å². The number of aromatic amines is 1. The third-order valence-electron chi connectivity index (χ3n) is 3.25. The molecule has 0 aliphatic heterocycles. The third-order valence-corrected chi connectivity index (χ3v) is 4.15. The molecule has 8 heteroatoms. The van der Waals surface area contributed by atoms with Gasteiger partial charge in [0.05, 0.1) is 16.8 Å². The highest BCUT2D eigenvalue weighted by Crippen LogP contribution is 2.23. The van der Waals surface area contributed by atoms with Crippen LogP contribution in [0.2, 0.25) is 0 Å². The summed E-state index contributed by atoms with van der Waals surface area (Å²) in [6.45, 7) is -0.00969. The highest BCUT2D eigenvalue weighted by molar-refractivity contribution is 7.13. The Balaban J connectivity index is 1.40. The Hall–Kier alpha value is -3.13. The first kappa shape index (κ1) is 14.5. The highest BCUT2D eigenvalue weighted by Gasteiger charge is 2.15. The molecule has 0 spiro atoms. The van der Waals surface area contributed by atoms with E-state index in [1.807, 2.05) is 17.5 Å². The number of hydrogen-bond acceptors (Lipinski definition) is 7. The zero-order valence-electron chi connectivity index (χ0n) is 12.3. The molecule has 0 saturated carbocycles. The van der Waals surface area contributed by atoms with Gasteiger partial charge in [0.15, 0.2) is 11.5 Å². The Labute approximate surface area is 139 Å². The lowest BCUT2D eigenvalue weighted by atomic mass is 10.3. The first-order chi connectivity index (χ1) is 11.8. The van der Waals surface area contributed by atoms with Crippen molar-refractivity contribution in [3.63, 3.8) is 0 Å². The largest absolute Gasteiger partial charge is 0.461 e. The van der Waals surface area contributed by atoms with Crippen LogP contribution in [0.5, 0.6) is 0 Å². The van der Waals surface area contributed by atoms with Crippen LogP contribution in [0.4, 0.5) is 0 Å². The van der Waals surface area contributed by atoms with Gasteiger partial charge in [-0.15, -0.1) is 11.3 Å². The summed E-state index contributed by atoms with van der Waals surface area (Å²) < 4.78 is 15.6. The number of aromatic nitrogens is 3. The first-order valence-electron chi connectivity index (χ1n) is 7.05. The van der Waals surface area contributed by atoms with Crippen molar-refractivity contribution in [2.45, 2.75) is 6.61 Å². The van der Waals surface area contributed by atoms with Crippen LogP contribution in [0.25, 0.3) is 22.1 Å².